The van der Waals surface area contributed by atoms with Crippen LogP contribution < -0.4 is 20.7 Å². The fourth-order valence-electron chi connectivity index (χ4n) is 3.52. The number of esters is 1. The van der Waals surface area contributed by atoms with Crippen molar-refractivity contribution in [2.24, 2.45) is 0 Å². The van der Waals surface area contributed by atoms with E-state index < -0.39 is 12.0 Å². The van der Waals surface area contributed by atoms with Crippen molar-refractivity contribution in [1.82, 2.24) is 10.2 Å². The van der Waals surface area contributed by atoms with Crippen molar-refractivity contribution >= 4 is 40.7 Å². The van der Waals surface area contributed by atoms with E-state index >= 15 is 0 Å². The van der Waals surface area contributed by atoms with Crippen molar-refractivity contribution in [3.8, 4) is 5.75 Å². The number of nitrogens with zero attached hydrogens (tertiary/aromatic N) is 1. The van der Waals surface area contributed by atoms with Crippen LogP contribution >= 0.6 is 12.2 Å². The quantitative estimate of drug-likeness (QED) is 0.385. The summed E-state index contributed by atoms with van der Waals surface area (Å²) in [5.41, 5.74) is 3.16. The van der Waals surface area contributed by atoms with Gasteiger partial charge in [-0.3, -0.25) is 0 Å². The number of ether oxygens (including phenoxy) is 2. The lowest BCUT2D eigenvalue weighted by Gasteiger charge is -2.35. The lowest BCUT2D eigenvalue weighted by molar-refractivity contribution is -0.143. The third-order valence-corrected chi connectivity index (χ3v) is 5.61. The van der Waals surface area contributed by atoms with Crippen molar-refractivity contribution in [3.63, 3.8) is 0 Å². The van der Waals surface area contributed by atoms with Crippen LogP contribution in [0, 0.1) is 0 Å². The molecule has 0 aliphatic carbocycles. The van der Waals surface area contributed by atoms with Crippen LogP contribution in [-0.2, 0) is 9.53 Å². The second-order valence-electron chi connectivity index (χ2n) is 8.06. The molecule has 0 saturated heterocycles. The molecule has 1 atom stereocenters. The summed E-state index contributed by atoms with van der Waals surface area (Å²) in [6, 6.07) is 13.5. The van der Waals surface area contributed by atoms with E-state index in [1.54, 1.807) is 62.2 Å². The fourth-order valence-corrected chi connectivity index (χ4v) is 3.77. The summed E-state index contributed by atoms with van der Waals surface area (Å²) >= 11 is 5.45. The third kappa shape index (κ3) is 6.05. The van der Waals surface area contributed by atoms with Crippen molar-refractivity contribution < 1.29 is 19.1 Å². The molecule has 1 unspecified atom stereocenters. The molecule has 2 aromatic carbocycles. The van der Waals surface area contributed by atoms with Gasteiger partial charge in [0, 0.05) is 24.1 Å². The Kier molecular flexibility index (Phi) is 8.12. The predicted octanol–water partition coefficient (Wildman–Crippen LogP) is 4.82. The maximum absolute atomic E-state index is 12.9. The van der Waals surface area contributed by atoms with Gasteiger partial charge in [0.05, 0.1) is 24.3 Å². The molecule has 2 aromatic rings. The molecular formula is C25H30N4O4S. The standard InChI is InChI=1S/C25H30N4O4S/c1-6-32-20-12-10-18(11-13-20)26-24(31)27-19-9-7-8-17(14-19)22-21(23(30)33-15(2)3)16(4)29(5)25(34)28-22/h7-15,22H,6H2,1-5H3,(H,28,34)(H2,26,27,31). The largest absolute Gasteiger partial charge is 0.494 e. The molecular weight excluding hydrogens is 452 g/mol. The monoisotopic (exact) mass is 482 g/mol. The van der Waals surface area contributed by atoms with Crippen LogP contribution in [0.25, 0.3) is 0 Å². The van der Waals surface area contributed by atoms with E-state index in [4.69, 9.17) is 21.7 Å². The van der Waals surface area contributed by atoms with E-state index in [2.05, 4.69) is 16.0 Å². The summed E-state index contributed by atoms with van der Waals surface area (Å²) in [6.07, 6.45) is -0.257. The first kappa shape index (κ1) is 25.0. The highest BCUT2D eigenvalue weighted by Crippen LogP contribution is 2.32. The summed E-state index contributed by atoms with van der Waals surface area (Å²) < 4.78 is 10.9. The molecule has 9 heteroatoms. The van der Waals surface area contributed by atoms with E-state index in [0.29, 0.717) is 34.4 Å². The summed E-state index contributed by atoms with van der Waals surface area (Å²) in [6.45, 7) is 7.94. The summed E-state index contributed by atoms with van der Waals surface area (Å²) in [7, 11) is 1.80. The van der Waals surface area contributed by atoms with Crippen LogP contribution in [0.4, 0.5) is 16.2 Å². The number of hydrogen-bond acceptors (Lipinski definition) is 5. The molecule has 0 radical (unpaired) electrons. The van der Waals surface area contributed by atoms with Crippen molar-refractivity contribution in [2.75, 3.05) is 24.3 Å². The molecule has 0 fully saturated rings. The van der Waals surface area contributed by atoms with Gasteiger partial charge in [0.1, 0.15) is 5.75 Å². The molecule has 0 saturated carbocycles. The minimum atomic E-state index is -0.508. The predicted molar refractivity (Wildman–Crippen MR) is 137 cm³/mol. The first-order chi connectivity index (χ1) is 16.2. The number of anilines is 2. The average molecular weight is 483 g/mol. The molecule has 1 aliphatic heterocycles. The normalized spacial score (nSPS) is 15.6. The zero-order chi connectivity index (χ0) is 24.8. The lowest BCUT2D eigenvalue weighted by Crippen LogP contribution is -2.46. The molecule has 180 valence electrons. The van der Waals surface area contributed by atoms with Crippen molar-refractivity contribution in [3.05, 3.63) is 65.4 Å². The van der Waals surface area contributed by atoms with E-state index in [9.17, 15) is 9.59 Å². The highest BCUT2D eigenvalue weighted by atomic mass is 32.1. The SMILES string of the molecule is CCOc1ccc(NC(=O)Nc2cccc(C3NC(=S)N(C)C(C)=C3C(=O)OC(C)C)c2)cc1. The Labute approximate surface area is 205 Å². The molecule has 0 spiro atoms. The zero-order valence-electron chi connectivity index (χ0n) is 20.0. The molecule has 0 bridgehead atoms. The Bertz CT molecular complexity index is 1100. The first-order valence-corrected chi connectivity index (χ1v) is 11.5. The van der Waals surface area contributed by atoms with Crippen LogP contribution in [0.15, 0.2) is 59.8 Å². The molecule has 3 N–H and O–H groups in total. The fraction of sp³-hybridized carbons (Fsp3) is 0.320. The highest BCUT2D eigenvalue weighted by molar-refractivity contribution is 7.80. The number of allylic oxidation sites excluding steroid dienone is 1. The Morgan fingerprint density at radius 3 is 2.44 bits per heavy atom. The van der Waals surface area contributed by atoms with E-state index in [-0.39, 0.29) is 12.1 Å². The Morgan fingerprint density at radius 1 is 1.12 bits per heavy atom. The highest BCUT2D eigenvalue weighted by Gasteiger charge is 2.34. The third-order valence-electron chi connectivity index (χ3n) is 5.22. The summed E-state index contributed by atoms with van der Waals surface area (Å²) in [4.78, 5) is 27.2. The van der Waals surface area contributed by atoms with Gasteiger partial charge in [-0.1, -0.05) is 12.1 Å². The smallest absolute Gasteiger partial charge is 0.338 e. The van der Waals surface area contributed by atoms with Gasteiger partial charge < -0.3 is 30.3 Å². The number of nitrogens with one attached hydrogen (secondary N) is 3. The maximum atomic E-state index is 12.9. The van der Waals surface area contributed by atoms with Crippen LogP contribution in [0.2, 0.25) is 0 Å². The number of amides is 2. The van der Waals surface area contributed by atoms with Crippen LogP contribution in [0.3, 0.4) is 0 Å². The number of carbonyl (C=O) groups is 2. The van der Waals surface area contributed by atoms with Gasteiger partial charge in [0.2, 0.25) is 0 Å². The maximum Gasteiger partial charge on any atom is 0.338 e. The first-order valence-electron chi connectivity index (χ1n) is 11.1. The molecule has 3 rings (SSSR count). The molecule has 34 heavy (non-hydrogen) atoms. The molecule has 8 nitrogen and oxygen atoms in total. The number of hydrogen-bond donors (Lipinski definition) is 3. The number of urea groups is 1. The number of carbonyl (C=O) groups excluding carboxylic acids is 2. The van der Waals surface area contributed by atoms with Crippen LogP contribution in [-0.4, -0.2) is 41.8 Å². The average Bonchev–Trinajstić information content (AvgIpc) is 2.78. The summed E-state index contributed by atoms with van der Waals surface area (Å²) in [5.74, 6) is 0.325. The zero-order valence-corrected chi connectivity index (χ0v) is 20.8. The van der Waals surface area contributed by atoms with Gasteiger partial charge in [-0.25, -0.2) is 9.59 Å². The van der Waals surface area contributed by atoms with Gasteiger partial charge in [0.15, 0.2) is 5.11 Å². The number of benzene rings is 2. The van der Waals surface area contributed by atoms with Gasteiger partial charge >= 0.3 is 12.0 Å². The topological polar surface area (TPSA) is 91.9 Å². The van der Waals surface area contributed by atoms with Crippen molar-refractivity contribution in [1.29, 1.82) is 0 Å². The van der Waals surface area contributed by atoms with Gasteiger partial charge in [0.25, 0.3) is 0 Å². The molecule has 1 aliphatic rings. The second kappa shape index (κ2) is 11.0. The number of thiocarbonyl (C=S) groups is 1. The minimum absolute atomic E-state index is 0.257. The Hall–Kier alpha value is -3.59. The van der Waals surface area contributed by atoms with E-state index in [1.807, 2.05) is 26.0 Å². The second-order valence-corrected chi connectivity index (χ2v) is 8.44. The van der Waals surface area contributed by atoms with Crippen molar-refractivity contribution in [2.45, 2.75) is 39.8 Å². The van der Waals surface area contributed by atoms with Gasteiger partial charge in [-0.15, -0.1) is 0 Å². The van der Waals surface area contributed by atoms with E-state index in [1.165, 1.54) is 0 Å². The van der Waals surface area contributed by atoms with Crippen LogP contribution in [0.5, 0.6) is 5.75 Å². The van der Waals surface area contributed by atoms with Gasteiger partial charge in [-0.2, -0.15) is 0 Å². The minimum Gasteiger partial charge on any atom is -0.494 e. The summed E-state index contributed by atoms with van der Waals surface area (Å²) in [5, 5.41) is 9.33. The molecule has 2 amide bonds. The van der Waals surface area contributed by atoms with Crippen LogP contribution in [0.1, 0.15) is 39.3 Å². The lowest BCUT2D eigenvalue weighted by atomic mass is 9.94. The molecule has 0 aromatic heterocycles. The Morgan fingerprint density at radius 2 is 1.79 bits per heavy atom. The van der Waals surface area contributed by atoms with Gasteiger partial charge in [-0.05, 0) is 81.9 Å². The Balaban J connectivity index is 1.79. The molecule has 1 heterocycles. The van der Waals surface area contributed by atoms with E-state index in [0.717, 1.165) is 11.3 Å². The number of rotatable bonds is 7.